The predicted molar refractivity (Wildman–Crippen MR) is 126 cm³/mol. The molecule has 0 aliphatic carbocycles. The summed E-state index contributed by atoms with van der Waals surface area (Å²) in [6.45, 7) is 0.406. The minimum atomic E-state index is -1.72. The molecule has 2 aliphatic heterocycles. The molecular weight excluding hydrogens is 438 g/mol. The lowest BCUT2D eigenvalue weighted by Gasteiger charge is -2.34. The average Bonchev–Trinajstić information content (AvgIpc) is 2.83. The summed E-state index contributed by atoms with van der Waals surface area (Å²) in [7, 11) is 0. The van der Waals surface area contributed by atoms with Crippen molar-refractivity contribution in [3.05, 3.63) is 54.2 Å². The van der Waals surface area contributed by atoms with Crippen LogP contribution < -0.4 is 21.3 Å². The number of rotatable bonds is 4. The van der Waals surface area contributed by atoms with Gasteiger partial charge in [-0.05, 0) is 53.8 Å². The fourth-order valence-corrected chi connectivity index (χ4v) is 4.25. The van der Waals surface area contributed by atoms with Gasteiger partial charge in [-0.15, -0.1) is 0 Å². The first-order chi connectivity index (χ1) is 16.4. The Morgan fingerprint density at radius 2 is 2.06 bits per heavy atom. The first-order valence-corrected chi connectivity index (χ1v) is 10.9. The van der Waals surface area contributed by atoms with E-state index in [0.717, 1.165) is 16.3 Å². The number of anilines is 4. The van der Waals surface area contributed by atoms with E-state index >= 15 is 0 Å². The molecule has 174 valence electrons. The number of amides is 3. The number of carbonyl (C=O) groups excluding carboxylic acids is 3. The standard InChI is InChI=1S/C24H23N5O5/c25-22-17-5-3-15(11-14(17)7-8-26-22)27-23(32)20(31)21-24(33)29(9-10-34-21)16-4-1-13-2-6-19(30)28-18(13)12-16/h1,3-5,7-8,11-12,20-21,31H,2,6,9-10H2,(H2,25,26)(H,27,32)(H,28,30)/t20-,21-/m1/s1. The summed E-state index contributed by atoms with van der Waals surface area (Å²) in [4.78, 5) is 43.1. The second kappa shape index (κ2) is 8.73. The van der Waals surface area contributed by atoms with Crippen molar-refractivity contribution < 1.29 is 24.2 Å². The fraction of sp³-hybridized carbons (Fsp3) is 0.250. The number of nitrogens with zero attached hydrogens (tertiary/aromatic N) is 2. The second-order valence-electron chi connectivity index (χ2n) is 8.24. The summed E-state index contributed by atoms with van der Waals surface area (Å²) >= 11 is 0. The van der Waals surface area contributed by atoms with Crippen LogP contribution in [0.15, 0.2) is 48.7 Å². The highest BCUT2D eigenvalue weighted by Crippen LogP contribution is 2.30. The van der Waals surface area contributed by atoms with Crippen molar-refractivity contribution >= 4 is 51.4 Å². The number of aromatic nitrogens is 1. The number of nitrogen functional groups attached to an aromatic ring is 1. The number of nitrogens with one attached hydrogen (secondary N) is 2. The van der Waals surface area contributed by atoms with E-state index in [1.54, 1.807) is 42.6 Å². The molecule has 0 bridgehead atoms. The third-order valence-corrected chi connectivity index (χ3v) is 6.04. The summed E-state index contributed by atoms with van der Waals surface area (Å²) in [5.41, 5.74) is 8.51. The van der Waals surface area contributed by atoms with E-state index in [-0.39, 0.29) is 19.1 Å². The number of hydrogen-bond acceptors (Lipinski definition) is 7. The molecule has 1 aromatic heterocycles. The number of benzene rings is 2. The van der Waals surface area contributed by atoms with Crippen LogP contribution in [-0.4, -0.2) is 53.2 Å². The predicted octanol–water partition coefficient (Wildman–Crippen LogP) is 1.43. The van der Waals surface area contributed by atoms with Crippen molar-refractivity contribution in [2.75, 3.05) is 34.4 Å². The maximum Gasteiger partial charge on any atom is 0.259 e. The van der Waals surface area contributed by atoms with Crippen LogP contribution in [0.25, 0.3) is 10.8 Å². The van der Waals surface area contributed by atoms with Crippen LogP contribution in [0.4, 0.5) is 22.9 Å². The van der Waals surface area contributed by atoms with Gasteiger partial charge in [-0.2, -0.15) is 0 Å². The molecule has 0 radical (unpaired) electrons. The van der Waals surface area contributed by atoms with Crippen molar-refractivity contribution in [1.29, 1.82) is 0 Å². The van der Waals surface area contributed by atoms with Crippen LogP contribution in [0, 0.1) is 0 Å². The smallest absolute Gasteiger partial charge is 0.259 e. The Morgan fingerprint density at radius 1 is 1.21 bits per heavy atom. The van der Waals surface area contributed by atoms with E-state index in [0.29, 0.717) is 35.7 Å². The highest BCUT2D eigenvalue weighted by Gasteiger charge is 2.39. The van der Waals surface area contributed by atoms with Crippen LogP contribution in [0.1, 0.15) is 12.0 Å². The Hall–Kier alpha value is -4.02. The topological polar surface area (TPSA) is 147 Å². The molecule has 3 heterocycles. The molecule has 0 saturated carbocycles. The third kappa shape index (κ3) is 4.04. The van der Waals surface area contributed by atoms with Gasteiger partial charge < -0.3 is 31.1 Å². The van der Waals surface area contributed by atoms with Gasteiger partial charge in [0.1, 0.15) is 5.82 Å². The molecule has 10 heteroatoms. The van der Waals surface area contributed by atoms with Crippen molar-refractivity contribution in [3.8, 4) is 0 Å². The minimum Gasteiger partial charge on any atom is -0.383 e. The van der Waals surface area contributed by atoms with Gasteiger partial charge in [-0.1, -0.05) is 6.07 Å². The SMILES string of the molecule is Nc1nccc2cc(NC(=O)[C@H](O)[C@H]3OCCN(c4ccc5c(c4)NC(=O)CC5)C3=O)ccc12. The number of aliphatic hydroxyl groups is 1. The Labute approximate surface area is 194 Å². The van der Waals surface area contributed by atoms with Crippen molar-refractivity contribution in [2.24, 2.45) is 0 Å². The van der Waals surface area contributed by atoms with Crippen molar-refractivity contribution in [1.82, 2.24) is 4.98 Å². The number of nitrogens with two attached hydrogens (primary N) is 1. The molecule has 1 fully saturated rings. The van der Waals surface area contributed by atoms with Gasteiger partial charge in [-0.25, -0.2) is 4.98 Å². The third-order valence-electron chi connectivity index (χ3n) is 6.04. The molecule has 5 N–H and O–H groups in total. The van der Waals surface area contributed by atoms with Crippen LogP contribution >= 0.6 is 0 Å². The maximum absolute atomic E-state index is 13.1. The highest BCUT2D eigenvalue weighted by atomic mass is 16.5. The van der Waals surface area contributed by atoms with E-state index in [9.17, 15) is 19.5 Å². The van der Waals surface area contributed by atoms with Crippen LogP contribution in [0.2, 0.25) is 0 Å². The number of morpholine rings is 1. The lowest BCUT2D eigenvalue weighted by Crippen LogP contribution is -2.55. The van der Waals surface area contributed by atoms with Crippen LogP contribution in [0.3, 0.4) is 0 Å². The summed E-state index contributed by atoms with van der Waals surface area (Å²) in [6, 6.07) is 12.2. The molecule has 10 nitrogen and oxygen atoms in total. The molecule has 2 atom stereocenters. The zero-order valence-electron chi connectivity index (χ0n) is 18.2. The summed E-state index contributed by atoms with van der Waals surface area (Å²) in [5, 5.41) is 17.6. The number of fused-ring (bicyclic) bond motifs is 2. The molecule has 0 spiro atoms. The van der Waals surface area contributed by atoms with Crippen molar-refractivity contribution in [2.45, 2.75) is 25.0 Å². The average molecular weight is 461 g/mol. The van der Waals surface area contributed by atoms with Gasteiger partial charge in [0.2, 0.25) is 5.91 Å². The molecule has 1 saturated heterocycles. The largest absolute Gasteiger partial charge is 0.383 e. The van der Waals surface area contributed by atoms with Gasteiger partial charge in [0.15, 0.2) is 12.2 Å². The highest BCUT2D eigenvalue weighted by molar-refractivity contribution is 6.05. The van der Waals surface area contributed by atoms with Crippen LogP contribution in [0.5, 0.6) is 0 Å². The number of pyridine rings is 1. The van der Waals surface area contributed by atoms with Gasteiger partial charge in [0, 0.05) is 41.6 Å². The van der Waals surface area contributed by atoms with Gasteiger partial charge in [0.05, 0.1) is 6.61 Å². The zero-order chi connectivity index (χ0) is 23.8. The molecule has 3 amide bonds. The first kappa shape index (κ1) is 21.8. The van der Waals surface area contributed by atoms with E-state index in [1.165, 1.54) is 4.90 Å². The normalized spacial score (nSPS) is 18.9. The number of hydrogen-bond donors (Lipinski definition) is 4. The van der Waals surface area contributed by atoms with Crippen LogP contribution in [-0.2, 0) is 25.5 Å². The molecule has 2 aromatic carbocycles. The van der Waals surface area contributed by atoms with Gasteiger partial charge in [0.25, 0.3) is 11.8 Å². The maximum atomic E-state index is 13.1. The Bertz CT molecular complexity index is 1310. The van der Waals surface area contributed by atoms with Crippen molar-refractivity contribution in [3.63, 3.8) is 0 Å². The van der Waals surface area contributed by atoms with E-state index < -0.39 is 24.0 Å². The molecule has 3 aromatic rings. The van der Waals surface area contributed by atoms with E-state index in [1.807, 2.05) is 6.07 Å². The number of aryl methyl sites for hydroxylation is 1. The minimum absolute atomic E-state index is 0.0736. The Kier molecular flexibility index (Phi) is 5.60. The lowest BCUT2D eigenvalue weighted by atomic mass is 10.0. The molecule has 5 rings (SSSR count). The zero-order valence-corrected chi connectivity index (χ0v) is 18.2. The Morgan fingerprint density at radius 3 is 2.91 bits per heavy atom. The van der Waals surface area contributed by atoms with E-state index in [4.69, 9.17) is 10.5 Å². The van der Waals surface area contributed by atoms with E-state index in [2.05, 4.69) is 15.6 Å². The quantitative estimate of drug-likeness (QED) is 0.460. The summed E-state index contributed by atoms with van der Waals surface area (Å²) < 4.78 is 5.48. The van der Waals surface area contributed by atoms with Gasteiger partial charge in [-0.3, -0.25) is 14.4 Å². The first-order valence-electron chi connectivity index (χ1n) is 10.9. The van der Waals surface area contributed by atoms with Gasteiger partial charge >= 0.3 is 0 Å². The number of ether oxygens (including phenoxy) is 1. The molecular formula is C24H23N5O5. The number of aliphatic hydroxyl groups excluding tert-OH is 1. The molecule has 2 aliphatic rings. The Balaban J connectivity index is 1.31. The summed E-state index contributed by atoms with van der Waals surface area (Å²) in [5.74, 6) is -0.998. The fourth-order valence-electron chi connectivity index (χ4n) is 4.25. The summed E-state index contributed by atoms with van der Waals surface area (Å²) in [6.07, 6.45) is -0.454. The monoisotopic (exact) mass is 461 g/mol. The number of carbonyl (C=O) groups is 3. The lowest BCUT2D eigenvalue weighted by molar-refractivity contribution is -0.150. The second-order valence-corrected chi connectivity index (χ2v) is 8.24. The molecule has 0 unspecified atom stereocenters. The molecule has 34 heavy (non-hydrogen) atoms.